The fraction of sp³-hybridized carbons (Fsp3) is 0.235. The van der Waals surface area contributed by atoms with Crippen molar-refractivity contribution in [2.24, 2.45) is 0 Å². The van der Waals surface area contributed by atoms with E-state index in [9.17, 15) is 4.79 Å². The van der Waals surface area contributed by atoms with E-state index in [-0.39, 0.29) is 6.03 Å². The number of carbonyl (C=O) groups is 1. The lowest BCUT2D eigenvalue weighted by atomic mass is 10.1. The number of halogens is 1. The van der Waals surface area contributed by atoms with Crippen LogP contribution >= 0.6 is 11.6 Å². The number of amides is 2. The molecule has 2 rings (SSSR count). The standard InChI is InChI=1S/C17H19ClN2O/c18-16-10-4-8-15(12-16)13-20-17(21)19-11-5-9-14-6-2-1-3-7-14/h1-4,6-8,10,12H,5,9,11,13H2,(H2,19,20,21). The van der Waals surface area contributed by atoms with Gasteiger partial charge >= 0.3 is 6.03 Å². The van der Waals surface area contributed by atoms with Crippen molar-refractivity contribution in [2.75, 3.05) is 6.54 Å². The molecule has 0 saturated heterocycles. The van der Waals surface area contributed by atoms with Crippen LogP contribution in [0, 0.1) is 0 Å². The zero-order chi connectivity index (χ0) is 14.9. The summed E-state index contributed by atoms with van der Waals surface area (Å²) >= 11 is 5.89. The topological polar surface area (TPSA) is 41.1 Å². The normalized spacial score (nSPS) is 10.1. The zero-order valence-corrected chi connectivity index (χ0v) is 12.6. The smallest absolute Gasteiger partial charge is 0.315 e. The Morgan fingerprint density at radius 3 is 2.48 bits per heavy atom. The Kier molecular flexibility index (Phi) is 6.10. The predicted molar refractivity (Wildman–Crippen MR) is 86.5 cm³/mol. The van der Waals surface area contributed by atoms with Crippen LogP contribution in [0.3, 0.4) is 0 Å². The van der Waals surface area contributed by atoms with E-state index in [2.05, 4.69) is 22.8 Å². The molecular weight excluding hydrogens is 284 g/mol. The first-order valence-corrected chi connectivity index (χ1v) is 7.42. The number of rotatable bonds is 6. The lowest BCUT2D eigenvalue weighted by Crippen LogP contribution is -2.35. The Labute approximate surface area is 130 Å². The molecule has 0 heterocycles. The Bertz CT molecular complexity index is 572. The Hall–Kier alpha value is -2.00. The largest absolute Gasteiger partial charge is 0.338 e. The predicted octanol–water partition coefficient (Wildman–Crippen LogP) is 3.77. The highest BCUT2D eigenvalue weighted by atomic mass is 35.5. The van der Waals surface area contributed by atoms with Gasteiger partial charge in [-0.1, -0.05) is 54.1 Å². The van der Waals surface area contributed by atoms with Gasteiger partial charge < -0.3 is 10.6 Å². The molecule has 0 aliphatic carbocycles. The molecule has 0 radical (unpaired) electrons. The molecule has 0 aromatic heterocycles. The zero-order valence-electron chi connectivity index (χ0n) is 11.8. The van der Waals surface area contributed by atoms with E-state index in [4.69, 9.17) is 11.6 Å². The third kappa shape index (κ3) is 5.88. The van der Waals surface area contributed by atoms with Crippen molar-refractivity contribution in [3.63, 3.8) is 0 Å². The van der Waals surface area contributed by atoms with Gasteiger partial charge in [-0.2, -0.15) is 0 Å². The van der Waals surface area contributed by atoms with Crippen LogP contribution < -0.4 is 10.6 Å². The Morgan fingerprint density at radius 2 is 1.71 bits per heavy atom. The highest BCUT2D eigenvalue weighted by molar-refractivity contribution is 6.30. The molecule has 2 amide bonds. The first-order chi connectivity index (χ1) is 10.2. The van der Waals surface area contributed by atoms with Gasteiger partial charge in [-0.25, -0.2) is 4.79 Å². The Balaban J connectivity index is 1.62. The van der Waals surface area contributed by atoms with Gasteiger partial charge in [0.2, 0.25) is 0 Å². The number of carbonyl (C=O) groups excluding carboxylic acids is 1. The first-order valence-electron chi connectivity index (χ1n) is 7.04. The molecule has 4 heteroatoms. The minimum absolute atomic E-state index is 0.150. The monoisotopic (exact) mass is 302 g/mol. The van der Waals surface area contributed by atoms with E-state index >= 15 is 0 Å². The average molecular weight is 303 g/mol. The molecule has 3 nitrogen and oxygen atoms in total. The molecule has 0 aliphatic rings. The van der Waals surface area contributed by atoms with E-state index in [0.717, 1.165) is 18.4 Å². The third-order valence-corrected chi connectivity index (χ3v) is 3.35. The van der Waals surface area contributed by atoms with E-state index in [1.165, 1.54) is 5.56 Å². The minimum Gasteiger partial charge on any atom is -0.338 e. The van der Waals surface area contributed by atoms with Gasteiger partial charge in [0.25, 0.3) is 0 Å². The summed E-state index contributed by atoms with van der Waals surface area (Å²) in [6.07, 6.45) is 1.89. The molecule has 0 saturated carbocycles. The van der Waals surface area contributed by atoms with Gasteiger partial charge in [-0.3, -0.25) is 0 Å². The van der Waals surface area contributed by atoms with Gasteiger partial charge in [-0.05, 0) is 36.1 Å². The van der Waals surface area contributed by atoms with Crippen molar-refractivity contribution in [1.29, 1.82) is 0 Å². The first kappa shape index (κ1) is 15.4. The third-order valence-electron chi connectivity index (χ3n) is 3.11. The summed E-state index contributed by atoms with van der Waals surface area (Å²) in [5.41, 5.74) is 2.28. The molecule has 2 aromatic rings. The van der Waals surface area contributed by atoms with Gasteiger partial charge in [0.05, 0.1) is 0 Å². The van der Waals surface area contributed by atoms with Gasteiger partial charge in [0.1, 0.15) is 0 Å². The second-order valence-corrected chi connectivity index (χ2v) is 5.26. The average Bonchev–Trinajstić information content (AvgIpc) is 2.51. The number of hydrogen-bond acceptors (Lipinski definition) is 1. The van der Waals surface area contributed by atoms with E-state index in [1.807, 2.05) is 42.5 Å². The molecular formula is C17H19ClN2O. The molecule has 110 valence electrons. The molecule has 0 aliphatic heterocycles. The van der Waals surface area contributed by atoms with Crippen LogP contribution in [-0.4, -0.2) is 12.6 Å². The van der Waals surface area contributed by atoms with Gasteiger partial charge in [0, 0.05) is 18.1 Å². The molecule has 0 spiro atoms. The van der Waals surface area contributed by atoms with Crippen LogP contribution in [0.4, 0.5) is 4.79 Å². The molecule has 0 fully saturated rings. The number of hydrogen-bond donors (Lipinski definition) is 2. The van der Waals surface area contributed by atoms with Crippen molar-refractivity contribution in [3.05, 3.63) is 70.7 Å². The summed E-state index contributed by atoms with van der Waals surface area (Å²) in [6, 6.07) is 17.6. The summed E-state index contributed by atoms with van der Waals surface area (Å²) < 4.78 is 0. The molecule has 0 unspecified atom stereocenters. The molecule has 2 aromatic carbocycles. The summed E-state index contributed by atoms with van der Waals surface area (Å²) in [4.78, 5) is 11.7. The van der Waals surface area contributed by atoms with E-state index in [1.54, 1.807) is 0 Å². The van der Waals surface area contributed by atoms with Crippen molar-refractivity contribution in [1.82, 2.24) is 10.6 Å². The fourth-order valence-electron chi connectivity index (χ4n) is 2.03. The number of aryl methyl sites for hydroxylation is 1. The molecule has 0 bridgehead atoms. The summed E-state index contributed by atoms with van der Waals surface area (Å²) in [6.45, 7) is 1.14. The van der Waals surface area contributed by atoms with Crippen LogP contribution in [0.5, 0.6) is 0 Å². The van der Waals surface area contributed by atoms with Crippen LogP contribution in [0.15, 0.2) is 54.6 Å². The quantitative estimate of drug-likeness (QED) is 0.784. The van der Waals surface area contributed by atoms with E-state index < -0.39 is 0 Å². The van der Waals surface area contributed by atoms with Crippen LogP contribution in [0.2, 0.25) is 5.02 Å². The highest BCUT2D eigenvalue weighted by Crippen LogP contribution is 2.10. The molecule has 0 atom stereocenters. The molecule has 21 heavy (non-hydrogen) atoms. The fourth-order valence-corrected chi connectivity index (χ4v) is 2.24. The van der Waals surface area contributed by atoms with Crippen molar-refractivity contribution >= 4 is 17.6 Å². The van der Waals surface area contributed by atoms with Gasteiger partial charge in [-0.15, -0.1) is 0 Å². The van der Waals surface area contributed by atoms with Crippen molar-refractivity contribution in [2.45, 2.75) is 19.4 Å². The summed E-state index contributed by atoms with van der Waals surface area (Å²) in [5, 5.41) is 6.35. The van der Waals surface area contributed by atoms with Gasteiger partial charge in [0.15, 0.2) is 0 Å². The van der Waals surface area contributed by atoms with Crippen molar-refractivity contribution < 1.29 is 4.79 Å². The second kappa shape index (κ2) is 8.32. The van der Waals surface area contributed by atoms with Crippen molar-refractivity contribution in [3.8, 4) is 0 Å². The number of nitrogens with one attached hydrogen (secondary N) is 2. The number of benzene rings is 2. The van der Waals surface area contributed by atoms with Crippen LogP contribution in [0.1, 0.15) is 17.5 Å². The van der Waals surface area contributed by atoms with Crippen LogP contribution in [0.25, 0.3) is 0 Å². The minimum atomic E-state index is -0.150. The number of urea groups is 1. The van der Waals surface area contributed by atoms with E-state index in [0.29, 0.717) is 18.1 Å². The maximum atomic E-state index is 11.7. The molecule has 2 N–H and O–H groups in total. The maximum absolute atomic E-state index is 11.7. The highest BCUT2D eigenvalue weighted by Gasteiger charge is 2.00. The SMILES string of the molecule is O=C(NCCCc1ccccc1)NCc1cccc(Cl)c1. The lowest BCUT2D eigenvalue weighted by molar-refractivity contribution is 0.240. The second-order valence-electron chi connectivity index (χ2n) is 4.83. The summed E-state index contributed by atoms with van der Waals surface area (Å²) in [7, 11) is 0. The summed E-state index contributed by atoms with van der Waals surface area (Å²) in [5.74, 6) is 0. The lowest BCUT2D eigenvalue weighted by Gasteiger charge is -2.08. The maximum Gasteiger partial charge on any atom is 0.315 e. The van der Waals surface area contributed by atoms with Crippen LogP contribution in [-0.2, 0) is 13.0 Å². The Morgan fingerprint density at radius 1 is 0.952 bits per heavy atom.